The van der Waals surface area contributed by atoms with Crippen molar-refractivity contribution in [1.29, 1.82) is 0 Å². The summed E-state index contributed by atoms with van der Waals surface area (Å²) in [5, 5.41) is 11.1. The Morgan fingerprint density at radius 3 is 2.90 bits per heavy atom. The Labute approximate surface area is 117 Å². The Kier molecular flexibility index (Phi) is 3.03. The third-order valence-electron chi connectivity index (χ3n) is 2.72. The second-order valence-corrected chi connectivity index (χ2v) is 4.02. The second-order valence-electron chi connectivity index (χ2n) is 4.02. The van der Waals surface area contributed by atoms with Crippen LogP contribution in [0.3, 0.4) is 0 Å². The van der Waals surface area contributed by atoms with E-state index < -0.39 is 10.9 Å². The molecule has 0 aliphatic heterocycles. The molecule has 0 aliphatic carbocycles. The van der Waals surface area contributed by atoms with Crippen LogP contribution < -0.4 is 4.74 Å². The molecular weight excluding hydrogens is 278 g/mol. The number of fused-ring (bicyclic) bond motifs is 1. The number of nitrogens with zero attached hydrogens (tertiary/aromatic N) is 3. The summed E-state index contributed by atoms with van der Waals surface area (Å²) in [5.74, 6) is -0.515. The van der Waals surface area contributed by atoms with Crippen LogP contribution in [0.1, 0.15) is 10.5 Å². The molecule has 2 heterocycles. The van der Waals surface area contributed by atoms with Crippen LogP contribution in [0.4, 0.5) is 5.69 Å². The van der Waals surface area contributed by atoms with Gasteiger partial charge in [-0.3, -0.25) is 10.1 Å². The van der Waals surface area contributed by atoms with Crippen molar-refractivity contribution in [3.8, 4) is 5.75 Å². The zero-order valence-electron chi connectivity index (χ0n) is 10.4. The Hall–Kier alpha value is -3.29. The van der Waals surface area contributed by atoms with Gasteiger partial charge in [-0.2, -0.15) is 0 Å². The third kappa shape index (κ3) is 2.41. The maximum absolute atomic E-state index is 11.8. The number of furan rings is 1. The van der Waals surface area contributed by atoms with Crippen molar-refractivity contribution >= 4 is 22.6 Å². The molecule has 0 aliphatic rings. The van der Waals surface area contributed by atoms with E-state index in [4.69, 9.17) is 9.15 Å². The van der Waals surface area contributed by atoms with E-state index in [0.29, 0.717) is 5.58 Å². The quantitative estimate of drug-likeness (QED) is 0.314. The number of esters is 1. The van der Waals surface area contributed by atoms with E-state index in [2.05, 4.69) is 9.97 Å². The molecule has 0 N–H and O–H groups in total. The van der Waals surface area contributed by atoms with Gasteiger partial charge in [-0.05, 0) is 24.3 Å². The molecule has 0 unspecified atom stereocenters. The molecule has 0 bridgehead atoms. The molecule has 0 atom stereocenters. The number of hydrogen-bond acceptors (Lipinski definition) is 7. The summed E-state index contributed by atoms with van der Waals surface area (Å²) in [6.07, 6.45) is 3.68. The zero-order chi connectivity index (χ0) is 14.8. The van der Waals surface area contributed by atoms with E-state index in [1.165, 1.54) is 36.8 Å². The summed E-state index contributed by atoms with van der Waals surface area (Å²) in [5.41, 5.74) is 0.236. The molecule has 0 saturated carbocycles. The minimum absolute atomic E-state index is 0.0896. The van der Waals surface area contributed by atoms with Crippen molar-refractivity contribution in [3.63, 3.8) is 0 Å². The maximum Gasteiger partial charge on any atom is 0.362 e. The van der Waals surface area contributed by atoms with Gasteiger partial charge in [0.25, 0.3) is 0 Å². The highest BCUT2D eigenvalue weighted by molar-refractivity contribution is 5.91. The molecule has 0 saturated heterocycles. The van der Waals surface area contributed by atoms with Gasteiger partial charge in [-0.25, -0.2) is 14.8 Å². The third-order valence-corrected chi connectivity index (χ3v) is 2.72. The summed E-state index contributed by atoms with van der Waals surface area (Å²) in [7, 11) is 0. The van der Waals surface area contributed by atoms with E-state index in [1.807, 2.05) is 0 Å². The highest BCUT2D eigenvalue weighted by atomic mass is 16.6. The van der Waals surface area contributed by atoms with Gasteiger partial charge in [-0.1, -0.05) is 0 Å². The molecule has 8 heteroatoms. The van der Waals surface area contributed by atoms with Crippen LogP contribution in [-0.4, -0.2) is 20.9 Å². The first-order chi connectivity index (χ1) is 10.1. The topological polar surface area (TPSA) is 108 Å². The van der Waals surface area contributed by atoms with Gasteiger partial charge in [0.05, 0.1) is 4.92 Å². The van der Waals surface area contributed by atoms with Crippen LogP contribution in [-0.2, 0) is 0 Å². The highest BCUT2D eigenvalue weighted by Crippen LogP contribution is 2.30. The number of carbonyl (C=O) groups excluding carboxylic acids is 1. The minimum Gasteiger partial charge on any atom is -0.457 e. The van der Waals surface area contributed by atoms with Gasteiger partial charge >= 0.3 is 11.7 Å². The molecule has 0 amide bonds. The maximum atomic E-state index is 11.8. The van der Waals surface area contributed by atoms with E-state index in [-0.39, 0.29) is 22.5 Å². The second kappa shape index (κ2) is 5.00. The lowest BCUT2D eigenvalue weighted by atomic mass is 10.2. The molecular formula is C13H7N3O5. The summed E-state index contributed by atoms with van der Waals surface area (Å²) in [4.78, 5) is 29.6. The van der Waals surface area contributed by atoms with Crippen molar-refractivity contribution in [1.82, 2.24) is 9.97 Å². The molecule has 1 aromatic carbocycles. The lowest BCUT2D eigenvalue weighted by Crippen LogP contribution is -2.10. The molecule has 8 nitrogen and oxygen atoms in total. The van der Waals surface area contributed by atoms with Crippen LogP contribution in [0.2, 0.25) is 0 Å². The predicted molar refractivity (Wildman–Crippen MR) is 69.9 cm³/mol. The fraction of sp³-hybridized carbons (Fsp3) is 0. The van der Waals surface area contributed by atoms with Gasteiger partial charge in [0.1, 0.15) is 23.0 Å². The summed E-state index contributed by atoms with van der Waals surface area (Å²) >= 11 is 0. The number of nitro groups is 1. The largest absolute Gasteiger partial charge is 0.457 e. The fourth-order valence-corrected chi connectivity index (χ4v) is 1.77. The minimum atomic E-state index is -0.678. The lowest BCUT2D eigenvalue weighted by Gasteiger charge is -2.02. The average Bonchev–Trinajstić information content (AvgIpc) is 2.91. The van der Waals surface area contributed by atoms with E-state index in [1.54, 1.807) is 0 Å². The van der Waals surface area contributed by atoms with Crippen molar-refractivity contribution in [2.45, 2.75) is 0 Å². The number of rotatable bonds is 3. The normalized spacial score (nSPS) is 10.5. The summed E-state index contributed by atoms with van der Waals surface area (Å²) < 4.78 is 10.2. The molecule has 0 spiro atoms. The molecule has 2 aromatic heterocycles. The number of hydrogen-bond donors (Lipinski definition) is 0. The van der Waals surface area contributed by atoms with Gasteiger partial charge < -0.3 is 9.15 Å². The molecule has 21 heavy (non-hydrogen) atoms. The van der Waals surface area contributed by atoms with Crippen LogP contribution in [0.15, 0.2) is 47.5 Å². The molecule has 0 radical (unpaired) electrons. The van der Waals surface area contributed by atoms with Crippen LogP contribution in [0, 0.1) is 10.1 Å². The molecule has 104 valence electrons. The standard InChI is InChI=1S/C13H7N3O5/c17-13(10-3-4-14-7-15-10)21-8-1-2-12-9(5-8)11(6-20-12)16(18)19/h1-7H. The van der Waals surface area contributed by atoms with Crippen molar-refractivity contribution in [2.75, 3.05) is 0 Å². The van der Waals surface area contributed by atoms with Crippen LogP contribution in [0.25, 0.3) is 11.0 Å². The van der Waals surface area contributed by atoms with Gasteiger partial charge in [0, 0.05) is 6.20 Å². The smallest absolute Gasteiger partial charge is 0.362 e. The lowest BCUT2D eigenvalue weighted by molar-refractivity contribution is -0.383. The van der Waals surface area contributed by atoms with Gasteiger partial charge in [0.15, 0.2) is 12.0 Å². The number of ether oxygens (including phenoxy) is 1. The fourth-order valence-electron chi connectivity index (χ4n) is 1.77. The first-order valence-corrected chi connectivity index (χ1v) is 5.79. The Morgan fingerprint density at radius 2 is 2.19 bits per heavy atom. The first-order valence-electron chi connectivity index (χ1n) is 5.79. The predicted octanol–water partition coefficient (Wildman–Crippen LogP) is 2.35. The average molecular weight is 285 g/mol. The molecule has 0 fully saturated rings. The van der Waals surface area contributed by atoms with Crippen LogP contribution >= 0.6 is 0 Å². The van der Waals surface area contributed by atoms with Crippen molar-refractivity contribution in [3.05, 3.63) is 58.9 Å². The number of aromatic nitrogens is 2. The summed E-state index contributed by atoms with van der Waals surface area (Å²) in [6, 6.07) is 5.75. The summed E-state index contributed by atoms with van der Waals surface area (Å²) in [6.45, 7) is 0. The van der Waals surface area contributed by atoms with E-state index in [9.17, 15) is 14.9 Å². The van der Waals surface area contributed by atoms with E-state index in [0.717, 1.165) is 6.26 Å². The molecule has 3 rings (SSSR count). The van der Waals surface area contributed by atoms with Crippen LogP contribution in [0.5, 0.6) is 5.75 Å². The van der Waals surface area contributed by atoms with Gasteiger partial charge in [-0.15, -0.1) is 0 Å². The number of benzene rings is 1. The number of carbonyl (C=O) groups is 1. The van der Waals surface area contributed by atoms with Gasteiger partial charge in [0.2, 0.25) is 0 Å². The Morgan fingerprint density at radius 1 is 1.33 bits per heavy atom. The van der Waals surface area contributed by atoms with Crippen molar-refractivity contribution in [2.24, 2.45) is 0 Å². The highest BCUT2D eigenvalue weighted by Gasteiger charge is 2.18. The zero-order valence-corrected chi connectivity index (χ0v) is 10.4. The Bertz CT molecular complexity index is 828. The molecule has 3 aromatic rings. The van der Waals surface area contributed by atoms with E-state index >= 15 is 0 Å². The SMILES string of the molecule is O=C(Oc1ccc2occ([N+](=O)[O-])c2c1)c1ccncn1. The Balaban J connectivity index is 1.92. The van der Waals surface area contributed by atoms with Crippen molar-refractivity contribution < 1.29 is 18.9 Å². The first kappa shape index (κ1) is 12.7. The monoisotopic (exact) mass is 285 g/mol.